The number of nitrogens with zero attached hydrogens (tertiary/aromatic N) is 2. The quantitative estimate of drug-likeness (QED) is 0.226. The number of hydrogen-bond donors (Lipinski definition) is 2. The molecule has 8 heteroatoms. The van der Waals surface area contributed by atoms with Crippen molar-refractivity contribution in [3.05, 3.63) is 128 Å². The molecule has 3 aromatic carbocycles. The average molecular weight is 553 g/mol. The Morgan fingerprint density at radius 2 is 1.24 bits per heavy atom. The van der Waals surface area contributed by atoms with Crippen molar-refractivity contribution in [2.24, 2.45) is 5.92 Å². The van der Waals surface area contributed by atoms with E-state index in [4.69, 9.17) is 9.47 Å². The van der Waals surface area contributed by atoms with Crippen LogP contribution in [0.15, 0.2) is 88.5 Å². The predicted molar refractivity (Wildman–Crippen MR) is 161 cm³/mol. The van der Waals surface area contributed by atoms with E-state index >= 15 is 0 Å². The maximum Gasteiger partial charge on any atom is 0.275 e. The molecule has 8 nitrogen and oxygen atoms in total. The van der Waals surface area contributed by atoms with E-state index in [1.54, 1.807) is 7.11 Å². The van der Waals surface area contributed by atoms with Gasteiger partial charge in [0.25, 0.3) is 11.1 Å². The van der Waals surface area contributed by atoms with Crippen LogP contribution in [0.4, 0.5) is 0 Å². The number of benzene rings is 3. The molecule has 0 radical (unpaired) electrons. The zero-order chi connectivity index (χ0) is 29.1. The van der Waals surface area contributed by atoms with Gasteiger partial charge in [-0.3, -0.25) is 19.8 Å². The van der Waals surface area contributed by atoms with Gasteiger partial charge in [-0.05, 0) is 68.1 Å². The Balaban J connectivity index is 1.70. The molecule has 0 aliphatic carbocycles. The monoisotopic (exact) mass is 552 g/mol. The van der Waals surface area contributed by atoms with E-state index in [-0.39, 0.29) is 11.1 Å². The topological polar surface area (TPSA) is 94.0 Å². The first-order valence-corrected chi connectivity index (χ1v) is 13.8. The first-order chi connectivity index (χ1) is 19.8. The van der Waals surface area contributed by atoms with E-state index in [9.17, 15) is 9.59 Å². The molecule has 0 saturated carbocycles. The molecule has 2 heterocycles. The van der Waals surface area contributed by atoms with Gasteiger partial charge in [0.2, 0.25) is 0 Å². The Morgan fingerprint density at radius 1 is 0.732 bits per heavy atom. The molecule has 0 unspecified atom stereocenters. The number of aryl methyl sites for hydroxylation is 2. The SMILES string of the molecule is COc1cc(C(c2c(C)[nH]n(-c3ccccc3)c2=O)c2c(C)[nH]n(-c3ccccc3)c2=O)ccc1OCCC(C)C. The highest BCUT2D eigenvalue weighted by atomic mass is 16.5. The third kappa shape index (κ3) is 5.50. The minimum absolute atomic E-state index is 0.221. The fraction of sp³-hybridized carbons (Fsp3) is 0.273. The van der Waals surface area contributed by atoms with E-state index in [1.165, 1.54) is 9.36 Å². The number of rotatable bonds is 10. The third-order valence-electron chi connectivity index (χ3n) is 7.31. The van der Waals surface area contributed by atoms with Crippen LogP contribution in [0.2, 0.25) is 0 Å². The molecule has 0 atom stereocenters. The van der Waals surface area contributed by atoms with E-state index < -0.39 is 5.92 Å². The summed E-state index contributed by atoms with van der Waals surface area (Å²) in [5.41, 5.74) is 4.05. The van der Waals surface area contributed by atoms with E-state index in [1.807, 2.05) is 92.7 Å². The number of aromatic amines is 2. The molecule has 5 rings (SSSR count). The fourth-order valence-electron chi connectivity index (χ4n) is 5.18. The lowest BCUT2D eigenvalue weighted by Crippen LogP contribution is -2.25. The first-order valence-electron chi connectivity index (χ1n) is 13.8. The van der Waals surface area contributed by atoms with Crippen LogP contribution < -0.4 is 20.6 Å². The summed E-state index contributed by atoms with van der Waals surface area (Å²) in [4.78, 5) is 28.1. The molecule has 2 N–H and O–H groups in total. The van der Waals surface area contributed by atoms with Crippen LogP contribution in [0.25, 0.3) is 11.4 Å². The summed E-state index contributed by atoms with van der Waals surface area (Å²) >= 11 is 0. The van der Waals surface area contributed by atoms with Crippen LogP contribution in [0.3, 0.4) is 0 Å². The second-order valence-corrected chi connectivity index (χ2v) is 10.6. The molecular formula is C33H36N4O4. The van der Waals surface area contributed by atoms with Crippen LogP contribution in [0, 0.1) is 19.8 Å². The fourth-order valence-corrected chi connectivity index (χ4v) is 5.18. The van der Waals surface area contributed by atoms with Crippen molar-refractivity contribution >= 4 is 0 Å². The highest BCUT2D eigenvalue weighted by Crippen LogP contribution is 2.37. The summed E-state index contributed by atoms with van der Waals surface area (Å²) in [7, 11) is 1.59. The van der Waals surface area contributed by atoms with Crippen LogP contribution >= 0.6 is 0 Å². The number of H-pyrrole nitrogens is 2. The predicted octanol–water partition coefficient (Wildman–Crippen LogP) is 5.88. The second kappa shape index (κ2) is 11.8. The summed E-state index contributed by atoms with van der Waals surface area (Å²) in [6.45, 7) is 8.59. The molecule has 0 spiro atoms. The molecular weight excluding hydrogens is 516 g/mol. The van der Waals surface area contributed by atoms with Crippen LogP contribution in [0.1, 0.15) is 54.3 Å². The van der Waals surface area contributed by atoms with Gasteiger partial charge < -0.3 is 9.47 Å². The Hall–Kier alpha value is -4.72. The Kier molecular flexibility index (Phi) is 8.01. The lowest BCUT2D eigenvalue weighted by molar-refractivity contribution is 0.273. The Bertz CT molecular complexity index is 1650. The number of ether oxygens (including phenoxy) is 2. The molecule has 212 valence electrons. The average Bonchev–Trinajstić information content (AvgIpc) is 3.44. The van der Waals surface area contributed by atoms with Gasteiger partial charge in [-0.15, -0.1) is 0 Å². The summed E-state index contributed by atoms with van der Waals surface area (Å²) < 4.78 is 14.8. The van der Waals surface area contributed by atoms with Crippen LogP contribution in [-0.2, 0) is 0 Å². The number of para-hydroxylation sites is 2. The van der Waals surface area contributed by atoms with Crippen molar-refractivity contribution < 1.29 is 9.47 Å². The largest absolute Gasteiger partial charge is 0.493 e. The molecule has 0 bridgehead atoms. The first kappa shape index (κ1) is 27.8. The normalized spacial score (nSPS) is 11.4. The zero-order valence-corrected chi connectivity index (χ0v) is 24.1. The van der Waals surface area contributed by atoms with Crippen molar-refractivity contribution in [3.63, 3.8) is 0 Å². The highest BCUT2D eigenvalue weighted by molar-refractivity contribution is 5.52. The number of nitrogens with one attached hydrogen (secondary N) is 2. The van der Waals surface area contributed by atoms with Gasteiger partial charge in [0.15, 0.2) is 11.5 Å². The van der Waals surface area contributed by atoms with Gasteiger partial charge >= 0.3 is 0 Å². The van der Waals surface area contributed by atoms with Crippen LogP contribution in [-0.4, -0.2) is 33.3 Å². The minimum atomic E-state index is -0.670. The summed E-state index contributed by atoms with van der Waals surface area (Å²) in [5, 5.41) is 6.47. The van der Waals surface area contributed by atoms with Gasteiger partial charge in [0.05, 0.1) is 36.2 Å². The summed E-state index contributed by atoms with van der Waals surface area (Å²) in [6, 6.07) is 24.4. The van der Waals surface area contributed by atoms with E-state index in [0.29, 0.717) is 57.9 Å². The molecule has 0 amide bonds. The van der Waals surface area contributed by atoms with Gasteiger partial charge in [0.1, 0.15) is 0 Å². The smallest absolute Gasteiger partial charge is 0.275 e. The van der Waals surface area contributed by atoms with Gasteiger partial charge in [-0.1, -0.05) is 56.3 Å². The van der Waals surface area contributed by atoms with E-state index in [2.05, 4.69) is 24.0 Å². The number of hydrogen-bond acceptors (Lipinski definition) is 4. The lowest BCUT2D eigenvalue weighted by atomic mass is 9.85. The standard InChI is InChI=1S/C33H36N4O4/c1-21(2)18-19-41-27-17-16-24(20-28(27)40-5)31(29-22(3)34-36(32(29)38)25-12-8-6-9-13-25)30-23(4)35-37(33(30)39)26-14-10-7-11-15-26/h6-17,20-21,31,34-35H,18-19H2,1-5H3. The highest BCUT2D eigenvalue weighted by Gasteiger charge is 2.31. The molecule has 0 aliphatic heterocycles. The zero-order valence-electron chi connectivity index (χ0n) is 24.1. The summed E-state index contributed by atoms with van der Waals surface area (Å²) in [6.07, 6.45) is 0.913. The lowest BCUT2D eigenvalue weighted by Gasteiger charge is -2.19. The third-order valence-corrected chi connectivity index (χ3v) is 7.31. The second-order valence-electron chi connectivity index (χ2n) is 10.6. The van der Waals surface area contributed by atoms with Crippen molar-refractivity contribution in [1.29, 1.82) is 0 Å². The molecule has 5 aromatic rings. The van der Waals surface area contributed by atoms with Crippen molar-refractivity contribution in [2.45, 2.75) is 40.0 Å². The van der Waals surface area contributed by atoms with Crippen molar-refractivity contribution in [1.82, 2.24) is 19.6 Å². The van der Waals surface area contributed by atoms with Gasteiger partial charge in [-0.25, -0.2) is 9.36 Å². The molecule has 0 fully saturated rings. The van der Waals surface area contributed by atoms with Gasteiger partial charge in [0, 0.05) is 17.3 Å². The number of methoxy groups -OCH3 is 1. The van der Waals surface area contributed by atoms with Gasteiger partial charge in [-0.2, -0.15) is 0 Å². The van der Waals surface area contributed by atoms with Crippen LogP contribution in [0.5, 0.6) is 11.5 Å². The molecule has 0 saturated heterocycles. The Morgan fingerprint density at radius 3 is 1.71 bits per heavy atom. The molecule has 41 heavy (non-hydrogen) atoms. The maximum absolute atomic E-state index is 14.1. The molecule has 0 aliphatic rings. The van der Waals surface area contributed by atoms with Crippen molar-refractivity contribution in [2.75, 3.05) is 13.7 Å². The maximum atomic E-state index is 14.1. The molecule has 2 aromatic heterocycles. The van der Waals surface area contributed by atoms with Crippen molar-refractivity contribution in [3.8, 4) is 22.9 Å². The minimum Gasteiger partial charge on any atom is -0.493 e. The summed E-state index contributed by atoms with van der Waals surface area (Å²) in [5.74, 6) is 1.01. The Labute approximate surface area is 239 Å². The number of aromatic nitrogens is 4. The van der Waals surface area contributed by atoms with E-state index in [0.717, 1.165) is 12.0 Å².